The minimum Gasteiger partial charge on any atom is -0.340 e. The van der Waals surface area contributed by atoms with Gasteiger partial charge in [0.2, 0.25) is 11.8 Å². The summed E-state index contributed by atoms with van der Waals surface area (Å²) in [5.74, 6) is 0.270. The quantitative estimate of drug-likeness (QED) is 0.879. The van der Waals surface area contributed by atoms with E-state index in [1.807, 2.05) is 17.0 Å². The van der Waals surface area contributed by atoms with E-state index in [0.717, 1.165) is 49.4 Å². The van der Waals surface area contributed by atoms with Crippen LogP contribution in [0.15, 0.2) is 18.2 Å². The molecule has 1 aromatic rings. The van der Waals surface area contributed by atoms with Crippen LogP contribution in [0.1, 0.15) is 17.5 Å². The molecule has 2 heterocycles. The molecule has 2 aliphatic rings. The first-order chi connectivity index (χ1) is 10.1. The summed E-state index contributed by atoms with van der Waals surface area (Å²) in [5.41, 5.74) is 3.06. The number of piperazine rings is 1. The topological polar surface area (TPSA) is 52.7 Å². The van der Waals surface area contributed by atoms with E-state index >= 15 is 0 Å². The lowest BCUT2D eigenvalue weighted by Crippen LogP contribution is -2.47. The van der Waals surface area contributed by atoms with Gasteiger partial charge in [0.25, 0.3) is 0 Å². The number of anilines is 1. The zero-order chi connectivity index (χ0) is 14.8. The first-order valence-electron chi connectivity index (χ1n) is 7.50. The highest BCUT2D eigenvalue weighted by Gasteiger charge is 2.20. The lowest BCUT2D eigenvalue weighted by Gasteiger charge is -2.32. The molecule has 112 valence electrons. The minimum atomic E-state index is 0.0729. The van der Waals surface area contributed by atoms with Crippen molar-refractivity contribution in [1.82, 2.24) is 9.80 Å². The molecule has 3 rings (SSSR count). The Kier molecular flexibility index (Phi) is 3.92. The van der Waals surface area contributed by atoms with E-state index in [0.29, 0.717) is 12.8 Å². The maximum Gasteiger partial charge on any atom is 0.227 e. The smallest absolute Gasteiger partial charge is 0.227 e. The Hall–Kier alpha value is -1.88. The predicted molar refractivity (Wildman–Crippen MR) is 81.2 cm³/mol. The zero-order valence-corrected chi connectivity index (χ0v) is 12.4. The number of fused-ring (bicyclic) bond motifs is 1. The van der Waals surface area contributed by atoms with Crippen molar-refractivity contribution < 1.29 is 9.59 Å². The number of nitrogens with zero attached hydrogens (tertiary/aromatic N) is 2. The third-order valence-corrected chi connectivity index (χ3v) is 4.28. The molecule has 0 unspecified atom stereocenters. The average molecular weight is 287 g/mol. The lowest BCUT2D eigenvalue weighted by atomic mass is 9.99. The highest BCUT2D eigenvalue weighted by atomic mass is 16.2. The number of amides is 2. The first-order valence-corrected chi connectivity index (χ1v) is 7.50. The van der Waals surface area contributed by atoms with Crippen LogP contribution in [0.3, 0.4) is 0 Å². The third kappa shape index (κ3) is 3.24. The highest BCUT2D eigenvalue weighted by molar-refractivity contribution is 5.94. The van der Waals surface area contributed by atoms with Crippen molar-refractivity contribution >= 4 is 17.5 Å². The maximum absolute atomic E-state index is 12.3. The lowest BCUT2D eigenvalue weighted by molar-refractivity contribution is -0.132. The molecule has 5 nitrogen and oxygen atoms in total. The number of carbonyl (C=O) groups excluding carboxylic acids is 2. The van der Waals surface area contributed by atoms with Crippen LogP contribution in [-0.4, -0.2) is 54.8 Å². The second-order valence-electron chi connectivity index (χ2n) is 5.90. The molecule has 0 aromatic heterocycles. The standard InChI is InChI=1S/C16H21N3O2/c1-18-6-8-19(9-7-18)16(21)11-12-2-4-14-13(10-12)3-5-15(20)17-14/h2,4,10H,3,5-9,11H2,1H3,(H,17,20). The van der Waals surface area contributed by atoms with Crippen LogP contribution < -0.4 is 5.32 Å². The summed E-state index contributed by atoms with van der Waals surface area (Å²) in [7, 11) is 2.08. The fourth-order valence-corrected chi connectivity index (χ4v) is 2.89. The van der Waals surface area contributed by atoms with E-state index in [2.05, 4.69) is 23.3 Å². The fourth-order valence-electron chi connectivity index (χ4n) is 2.89. The summed E-state index contributed by atoms with van der Waals surface area (Å²) < 4.78 is 0. The van der Waals surface area contributed by atoms with E-state index in [9.17, 15) is 9.59 Å². The van der Waals surface area contributed by atoms with Crippen molar-refractivity contribution in [3.63, 3.8) is 0 Å². The maximum atomic E-state index is 12.3. The molecule has 5 heteroatoms. The summed E-state index contributed by atoms with van der Waals surface area (Å²) in [6.07, 6.45) is 1.74. The van der Waals surface area contributed by atoms with Gasteiger partial charge in [0.05, 0.1) is 6.42 Å². The van der Waals surface area contributed by atoms with Crippen molar-refractivity contribution in [1.29, 1.82) is 0 Å². The van der Waals surface area contributed by atoms with Gasteiger partial charge in [-0.15, -0.1) is 0 Å². The molecular formula is C16H21N3O2. The molecular weight excluding hydrogens is 266 g/mol. The number of hydrogen-bond acceptors (Lipinski definition) is 3. The van der Waals surface area contributed by atoms with Gasteiger partial charge in [-0.1, -0.05) is 12.1 Å². The molecule has 0 radical (unpaired) electrons. The van der Waals surface area contributed by atoms with E-state index in [4.69, 9.17) is 0 Å². The molecule has 0 aliphatic carbocycles. The van der Waals surface area contributed by atoms with Crippen LogP contribution in [0.25, 0.3) is 0 Å². The predicted octanol–water partition coefficient (Wildman–Crippen LogP) is 0.888. The highest BCUT2D eigenvalue weighted by Crippen LogP contribution is 2.24. The number of aryl methyl sites for hydroxylation is 1. The number of rotatable bonds is 2. The molecule has 1 fully saturated rings. The molecule has 1 aromatic carbocycles. The first kappa shape index (κ1) is 14.1. The van der Waals surface area contributed by atoms with E-state index in [1.165, 1.54) is 0 Å². The number of nitrogens with one attached hydrogen (secondary N) is 1. The Balaban J connectivity index is 1.65. The molecule has 0 atom stereocenters. The average Bonchev–Trinajstić information content (AvgIpc) is 2.48. The third-order valence-electron chi connectivity index (χ3n) is 4.28. The van der Waals surface area contributed by atoms with Gasteiger partial charge in [0.15, 0.2) is 0 Å². The van der Waals surface area contributed by atoms with Gasteiger partial charge in [-0.05, 0) is 30.7 Å². The Morgan fingerprint density at radius 1 is 1.19 bits per heavy atom. The number of carbonyl (C=O) groups is 2. The van der Waals surface area contributed by atoms with E-state index in [-0.39, 0.29) is 11.8 Å². The number of likely N-dealkylation sites (N-methyl/N-ethyl adjacent to an activating group) is 1. The van der Waals surface area contributed by atoms with Crippen molar-refractivity contribution in [3.8, 4) is 0 Å². The van der Waals surface area contributed by atoms with Gasteiger partial charge in [-0.2, -0.15) is 0 Å². The van der Waals surface area contributed by atoms with Crippen molar-refractivity contribution in [2.24, 2.45) is 0 Å². The van der Waals surface area contributed by atoms with Crippen molar-refractivity contribution in [2.75, 3.05) is 38.5 Å². The van der Waals surface area contributed by atoms with Gasteiger partial charge in [0.1, 0.15) is 0 Å². The summed E-state index contributed by atoms with van der Waals surface area (Å²) in [4.78, 5) is 27.9. The molecule has 2 aliphatic heterocycles. The molecule has 1 N–H and O–H groups in total. The zero-order valence-electron chi connectivity index (χ0n) is 12.4. The van der Waals surface area contributed by atoms with Crippen LogP contribution in [0.2, 0.25) is 0 Å². The van der Waals surface area contributed by atoms with Crippen molar-refractivity contribution in [3.05, 3.63) is 29.3 Å². The van der Waals surface area contributed by atoms with Crippen LogP contribution in [-0.2, 0) is 22.4 Å². The van der Waals surface area contributed by atoms with Crippen LogP contribution in [0, 0.1) is 0 Å². The largest absolute Gasteiger partial charge is 0.340 e. The van der Waals surface area contributed by atoms with Crippen LogP contribution in [0.4, 0.5) is 5.69 Å². The van der Waals surface area contributed by atoms with Gasteiger partial charge >= 0.3 is 0 Å². The van der Waals surface area contributed by atoms with Crippen molar-refractivity contribution in [2.45, 2.75) is 19.3 Å². The molecule has 2 amide bonds. The molecule has 21 heavy (non-hydrogen) atoms. The Bertz CT molecular complexity index is 563. The molecule has 0 bridgehead atoms. The van der Waals surface area contributed by atoms with E-state index in [1.54, 1.807) is 0 Å². The van der Waals surface area contributed by atoms with E-state index < -0.39 is 0 Å². The Morgan fingerprint density at radius 2 is 1.95 bits per heavy atom. The summed E-state index contributed by atoms with van der Waals surface area (Å²) in [5, 5.41) is 2.87. The molecule has 0 saturated carbocycles. The summed E-state index contributed by atoms with van der Waals surface area (Å²) in [6, 6.07) is 5.92. The molecule has 0 spiro atoms. The number of hydrogen-bond donors (Lipinski definition) is 1. The Morgan fingerprint density at radius 3 is 2.71 bits per heavy atom. The fraction of sp³-hybridized carbons (Fsp3) is 0.500. The number of benzene rings is 1. The van der Waals surface area contributed by atoms with Gasteiger partial charge < -0.3 is 15.1 Å². The van der Waals surface area contributed by atoms with Gasteiger partial charge in [0, 0.05) is 38.3 Å². The van der Waals surface area contributed by atoms with Gasteiger partial charge in [-0.25, -0.2) is 0 Å². The van der Waals surface area contributed by atoms with Crippen LogP contribution in [0.5, 0.6) is 0 Å². The molecule has 1 saturated heterocycles. The second kappa shape index (κ2) is 5.85. The monoisotopic (exact) mass is 287 g/mol. The Labute approximate surface area is 124 Å². The SMILES string of the molecule is CN1CCN(C(=O)Cc2ccc3c(c2)CCC(=O)N3)CC1. The summed E-state index contributed by atoms with van der Waals surface area (Å²) >= 11 is 0. The normalized spacial score (nSPS) is 19.1. The minimum absolute atomic E-state index is 0.0729. The van der Waals surface area contributed by atoms with Crippen LogP contribution >= 0.6 is 0 Å². The second-order valence-corrected chi connectivity index (χ2v) is 5.90. The summed E-state index contributed by atoms with van der Waals surface area (Å²) in [6.45, 7) is 3.52. The van der Waals surface area contributed by atoms with Gasteiger partial charge in [-0.3, -0.25) is 9.59 Å².